The standard InChI is InChI=1S/C19H16O4/c1-23-19(22)18-16(21)9-14-15(20)8-13-11-5-3-2-4-10(11)6-7-12(13)17(14)18/h2-7,15,18,20H,8-9H2,1H3/t15-,18?/m1/s1. The van der Waals surface area contributed by atoms with E-state index in [9.17, 15) is 14.7 Å². The molecule has 0 heterocycles. The first-order valence-electron chi connectivity index (χ1n) is 7.64. The number of aliphatic hydroxyl groups excluding tert-OH is 1. The normalized spacial score (nSPS) is 23.0. The van der Waals surface area contributed by atoms with Crippen molar-refractivity contribution in [3.63, 3.8) is 0 Å². The predicted octanol–water partition coefficient (Wildman–Crippen LogP) is 2.27. The van der Waals surface area contributed by atoms with Gasteiger partial charge in [0.05, 0.1) is 13.2 Å². The lowest BCUT2D eigenvalue weighted by Crippen LogP contribution is -2.24. The minimum Gasteiger partial charge on any atom is -0.468 e. The van der Waals surface area contributed by atoms with E-state index in [4.69, 9.17) is 4.74 Å². The number of aliphatic hydroxyl groups is 1. The number of hydrogen-bond acceptors (Lipinski definition) is 4. The number of carbonyl (C=O) groups excluding carboxylic acids is 2. The number of rotatable bonds is 1. The van der Waals surface area contributed by atoms with Gasteiger partial charge in [-0.05, 0) is 33.0 Å². The molecule has 1 N–H and O–H groups in total. The van der Waals surface area contributed by atoms with Gasteiger partial charge >= 0.3 is 5.97 Å². The van der Waals surface area contributed by atoms with Crippen molar-refractivity contribution in [1.29, 1.82) is 0 Å². The number of fused-ring (bicyclic) bond motifs is 4. The van der Waals surface area contributed by atoms with Crippen molar-refractivity contribution < 1.29 is 19.4 Å². The maximum atomic E-state index is 12.3. The summed E-state index contributed by atoms with van der Waals surface area (Å²) in [7, 11) is 1.29. The topological polar surface area (TPSA) is 63.6 Å². The Balaban J connectivity index is 1.98. The van der Waals surface area contributed by atoms with Crippen molar-refractivity contribution in [3.8, 4) is 0 Å². The Morgan fingerprint density at radius 3 is 2.78 bits per heavy atom. The van der Waals surface area contributed by atoms with Crippen molar-refractivity contribution in [1.82, 2.24) is 0 Å². The molecule has 0 aliphatic heterocycles. The Morgan fingerprint density at radius 2 is 2.00 bits per heavy atom. The van der Waals surface area contributed by atoms with Crippen molar-refractivity contribution >= 4 is 28.1 Å². The first-order chi connectivity index (χ1) is 11.1. The van der Waals surface area contributed by atoms with Crippen LogP contribution in [0.5, 0.6) is 0 Å². The summed E-state index contributed by atoms with van der Waals surface area (Å²) in [6, 6.07) is 11.9. The highest BCUT2D eigenvalue weighted by Crippen LogP contribution is 2.45. The van der Waals surface area contributed by atoms with E-state index in [1.807, 2.05) is 36.4 Å². The van der Waals surface area contributed by atoms with Gasteiger partial charge in [0.25, 0.3) is 0 Å². The molecule has 4 heteroatoms. The monoisotopic (exact) mass is 308 g/mol. The van der Waals surface area contributed by atoms with E-state index in [-0.39, 0.29) is 12.2 Å². The maximum Gasteiger partial charge on any atom is 0.320 e. The van der Waals surface area contributed by atoms with Gasteiger partial charge in [0.15, 0.2) is 5.78 Å². The van der Waals surface area contributed by atoms with E-state index >= 15 is 0 Å². The van der Waals surface area contributed by atoms with Gasteiger partial charge in [-0.2, -0.15) is 0 Å². The van der Waals surface area contributed by atoms with Crippen LogP contribution in [0.3, 0.4) is 0 Å². The molecule has 0 aromatic heterocycles. The van der Waals surface area contributed by atoms with Crippen molar-refractivity contribution in [3.05, 3.63) is 53.1 Å². The second-order valence-electron chi connectivity index (χ2n) is 6.07. The van der Waals surface area contributed by atoms with Crippen LogP contribution in [-0.4, -0.2) is 30.1 Å². The molecule has 2 aromatic rings. The molecule has 0 bridgehead atoms. The fourth-order valence-electron chi connectivity index (χ4n) is 3.85. The third-order valence-corrected chi connectivity index (χ3v) is 4.89. The molecular formula is C19H16O4. The second kappa shape index (κ2) is 5.03. The Hall–Kier alpha value is -2.46. The SMILES string of the molecule is COC(=O)C1C(=O)CC2=C1c1ccc3ccccc3c1C[C@H]2O. The summed E-state index contributed by atoms with van der Waals surface area (Å²) in [4.78, 5) is 24.4. The zero-order valence-corrected chi connectivity index (χ0v) is 12.7. The Morgan fingerprint density at radius 1 is 1.22 bits per heavy atom. The zero-order valence-electron chi connectivity index (χ0n) is 12.7. The molecule has 23 heavy (non-hydrogen) atoms. The van der Waals surface area contributed by atoms with Gasteiger partial charge in [0.1, 0.15) is 5.92 Å². The van der Waals surface area contributed by atoms with E-state index < -0.39 is 18.0 Å². The minimum absolute atomic E-state index is 0.128. The lowest BCUT2D eigenvalue weighted by molar-refractivity contribution is -0.146. The molecule has 2 atom stereocenters. The molecule has 0 amide bonds. The van der Waals surface area contributed by atoms with E-state index in [0.29, 0.717) is 17.6 Å². The number of ether oxygens (including phenoxy) is 1. The smallest absolute Gasteiger partial charge is 0.320 e. The van der Waals surface area contributed by atoms with Crippen LogP contribution in [0.1, 0.15) is 17.5 Å². The maximum absolute atomic E-state index is 12.3. The van der Waals surface area contributed by atoms with Gasteiger partial charge in [-0.3, -0.25) is 9.59 Å². The number of esters is 1. The largest absolute Gasteiger partial charge is 0.468 e. The van der Waals surface area contributed by atoms with Crippen molar-refractivity contribution in [2.45, 2.75) is 18.9 Å². The van der Waals surface area contributed by atoms with Crippen LogP contribution in [0, 0.1) is 5.92 Å². The highest BCUT2D eigenvalue weighted by Gasteiger charge is 2.44. The van der Waals surface area contributed by atoms with Crippen LogP contribution in [0.25, 0.3) is 16.3 Å². The first kappa shape index (κ1) is 14.2. The van der Waals surface area contributed by atoms with E-state index in [1.165, 1.54) is 7.11 Å². The molecule has 2 aromatic carbocycles. The summed E-state index contributed by atoms with van der Waals surface area (Å²) in [5.74, 6) is -1.65. The summed E-state index contributed by atoms with van der Waals surface area (Å²) < 4.78 is 4.82. The minimum atomic E-state index is -0.912. The number of methoxy groups -OCH3 is 1. The summed E-state index contributed by atoms with van der Waals surface area (Å²) >= 11 is 0. The summed E-state index contributed by atoms with van der Waals surface area (Å²) in [6.45, 7) is 0. The highest BCUT2D eigenvalue weighted by molar-refractivity contribution is 6.16. The Kier molecular flexibility index (Phi) is 3.10. The Labute approximate surface area is 133 Å². The molecule has 4 nitrogen and oxygen atoms in total. The molecule has 0 saturated carbocycles. The van der Waals surface area contributed by atoms with Crippen LogP contribution in [0.15, 0.2) is 42.0 Å². The second-order valence-corrected chi connectivity index (χ2v) is 6.07. The number of Topliss-reactive ketones (excluding diaryl/α,β-unsaturated/α-hetero) is 1. The van der Waals surface area contributed by atoms with Gasteiger partial charge < -0.3 is 9.84 Å². The van der Waals surface area contributed by atoms with Gasteiger partial charge in [0, 0.05) is 12.8 Å². The average Bonchev–Trinajstić information content (AvgIpc) is 2.92. The highest BCUT2D eigenvalue weighted by atomic mass is 16.5. The zero-order chi connectivity index (χ0) is 16.1. The summed E-state index contributed by atoms with van der Waals surface area (Å²) in [5.41, 5.74) is 3.22. The van der Waals surface area contributed by atoms with E-state index in [0.717, 1.165) is 21.9 Å². The molecule has 4 rings (SSSR count). The predicted molar refractivity (Wildman–Crippen MR) is 85.7 cm³/mol. The number of benzene rings is 2. The third-order valence-electron chi connectivity index (χ3n) is 4.89. The van der Waals surface area contributed by atoms with Crippen molar-refractivity contribution in [2.24, 2.45) is 5.92 Å². The lowest BCUT2D eigenvalue weighted by atomic mass is 9.80. The molecule has 0 fully saturated rings. The molecular weight excluding hydrogens is 292 g/mol. The van der Waals surface area contributed by atoms with Gasteiger partial charge in [-0.1, -0.05) is 36.4 Å². The van der Waals surface area contributed by atoms with Crippen molar-refractivity contribution in [2.75, 3.05) is 7.11 Å². The molecule has 0 saturated heterocycles. The Bertz CT molecular complexity index is 878. The number of hydrogen-bond donors (Lipinski definition) is 1. The van der Waals surface area contributed by atoms with Crippen LogP contribution < -0.4 is 0 Å². The quantitative estimate of drug-likeness (QED) is 0.648. The lowest BCUT2D eigenvalue weighted by Gasteiger charge is -2.26. The number of carbonyl (C=O) groups is 2. The van der Waals surface area contributed by atoms with Crippen LogP contribution in [0.2, 0.25) is 0 Å². The first-order valence-corrected chi connectivity index (χ1v) is 7.64. The van der Waals surface area contributed by atoms with Gasteiger partial charge in [-0.25, -0.2) is 0 Å². The van der Waals surface area contributed by atoms with Crippen LogP contribution in [-0.2, 0) is 20.7 Å². The fourth-order valence-corrected chi connectivity index (χ4v) is 3.85. The summed E-state index contributed by atoms with van der Waals surface area (Å²) in [6.07, 6.45) is -0.124. The molecule has 2 aliphatic rings. The number of ketones is 1. The average molecular weight is 308 g/mol. The third kappa shape index (κ3) is 1.95. The molecule has 2 aliphatic carbocycles. The molecule has 0 spiro atoms. The fraction of sp³-hybridized carbons (Fsp3) is 0.263. The molecule has 1 unspecified atom stereocenters. The summed E-state index contributed by atoms with van der Waals surface area (Å²) in [5, 5.41) is 12.7. The molecule has 116 valence electrons. The molecule has 0 radical (unpaired) electrons. The van der Waals surface area contributed by atoms with Crippen LogP contribution in [0.4, 0.5) is 0 Å². The van der Waals surface area contributed by atoms with Gasteiger partial charge in [-0.15, -0.1) is 0 Å². The van der Waals surface area contributed by atoms with Gasteiger partial charge in [0.2, 0.25) is 0 Å². The van der Waals surface area contributed by atoms with E-state index in [2.05, 4.69) is 0 Å². The van der Waals surface area contributed by atoms with E-state index in [1.54, 1.807) is 0 Å². The van der Waals surface area contributed by atoms with Crippen LogP contribution >= 0.6 is 0 Å².